The summed E-state index contributed by atoms with van der Waals surface area (Å²) in [6.45, 7) is 0.356. The Labute approximate surface area is 135 Å². The van der Waals surface area contributed by atoms with E-state index in [0.717, 1.165) is 35.0 Å². The fraction of sp³-hybridized carbons (Fsp3) is 0.250. The molecule has 2 heterocycles. The van der Waals surface area contributed by atoms with E-state index >= 15 is 0 Å². The summed E-state index contributed by atoms with van der Waals surface area (Å²) >= 11 is 6.99. The molecule has 0 amide bonds. The van der Waals surface area contributed by atoms with Gasteiger partial charge in [-0.15, -0.1) is 11.3 Å². The molecule has 4 rings (SSSR count). The van der Waals surface area contributed by atoms with Gasteiger partial charge < -0.3 is 4.98 Å². The van der Waals surface area contributed by atoms with Crippen LogP contribution in [0.15, 0.2) is 29.1 Å². The lowest BCUT2D eigenvalue weighted by Crippen LogP contribution is -2.22. The van der Waals surface area contributed by atoms with Gasteiger partial charge in [-0.25, -0.2) is 4.39 Å². The van der Waals surface area contributed by atoms with Crippen molar-refractivity contribution in [3.05, 3.63) is 61.2 Å². The van der Waals surface area contributed by atoms with Gasteiger partial charge in [0.25, 0.3) is 5.56 Å². The van der Waals surface area contributed by atoms with E-state index in [0.29, 0.717) is 11.3 Å². The van der Waals surface area contributed by atoms with E-state index < -0.39 is 0 Å². The van der Waals surface area contributed by atoms with Gasteiger partial charge in [-0.2, -0.15) is 0 Å². The summed E-state index contributed by atoms with van der Waals surface area (Å²) in [6, 6.07) is 6.15. The number of nitrogens with zero attached hydrogens (tertiary/aromatic N) is 1. The second kappa shape index (κ2) is 5.14. The van der Waals surface area contributed by atoms with E-state index in [9.17, 15) is 9.18 Å². The molecule has 1 N–H and O–H groups in total. The van der Waals surface area contributed by atoms with Gasteiger partial charge in [0.15, 0.2) is 4.77 Å². The number of rotatable bonds is 2. The normalized spacial score (nSPS) is 13.7. The Balaban J connectivity index is 1.89. The molecule has 0 unspecified atom stereocenters. The molecule has 0 bridgehead atoms. The highest BCUT2D eigenvalue weighted by atomic mass is 32.1. The van der Waals surface area contributed by atoms with Crippen LogP contribution in [-0.4, -0.2) is 9.55 Å². The Morgan fingerprint density at radius 1 is 1.27 bits per heavy atom. The van der Waals surface area contributed by atoms with Crippen molar-refractivity contribution >= 4 is 33.8 Å². The number of halogens is 1. The highest BCUT2D eigenvalue weighted by Gasteiger charge is 2.21. The average Bonchev–Trinajstić information content (AvgIpc) is 3.05. The fourth-order valence-electron chi connectivity index (χ4n) is 3.03. The third kappa shape index (κ3) is 2.14. The van der Waals surface area contributed by atoms with E-state index in [1.54, 1.807) is 28.0 Å². The summed E-state index contributed by atoms with van der Waals surface area (Å²) in [6.07, 6.45) is 3.13. The summed E-state index contributed by atoms with van der Waals surface area (Å²) in [7, 11) is 0. The SMILES string of the molecule is O=c1c2c3c(sc2[nH]c(=S)n1Cc1ccc(F)cc1)CCC3. The molecule has 2 aromatic heterocycles. The minimum absolute atomic E-state index is 0.0394. The zero-order valence-electron chi connectivity index (χ0n) is 11.7. The number of H-pyrrole nitrogens is 1. The molecule has 112 valence electrons. The van der Waals surface area contributed by atoms with Gasteiger partial charge in [0.2, 0.25) is 0 Å². The van der Waals surface area contributed by atoms with Crippen LogP contribution in [0.2, 0.25) is 0 Å². The third-order valence-electron chi connectivity index (χ3n) is 4.10. The van der Waals surface area contributed by atoms with E-state index in [1.165, 1.54) is 22.6 Å². The molecule has 0 spiro atoms. The second-order valence-corrected chi connectivity index (χ2v) is 7.00. The zero-order valence-corrected chi connectivity index (χ0v) is 13.3. The third-order valence-corrected chi connectivity index (χ3v) is 5.63. The predicted molar refractivity (Wildman–Crippen MR) is 88.8 cm³/mol. The molecular formula is C16H13FN2OS2. The standard InChI is InChI=1S/C16H13FN2OS2/c17-10-6-4-9(5-7-10)8-19-15(20)13-11-2-1-3-12(11)22-14(13)18-16(19)21/h4-7H,1-3,8H2,(H,18,21). The summed E-state index contributed by atoms with van der Waals surface area (Å²) in [5.74, 6) is -0.285. The first-order chi connectivity index (χ1) is 10.6. The van der Waals surface area contributed by atoms with Crippen LogP contribution in [0.4, 0.5) is 4.39 Å². The number of aromatic amines is 1. The molecule has 0 atom stereocenters. The van der Waals surface area contributed by atoms with E-state index in [1.807, 2.05) is 0 Å². The number of hydrogen-bond acceptors (Lipinski definition) is 3. The number of aromatic nitrogens is 2. The van der Waals surface area contributed by atoms with Gasteiger partial charge in [0.1, 0.15) is 10.6 Å². The van der Waals surface area contributed by atoms with Crippen LogP contribution in [0, 0.1) is 10.6 Å². The maximum Gasteiger partial charge on any atom is 0.263 e. The van der Waals surface area contributed by atoms with Crippen LogP contribution in [-0.2, 0) is 19.4 Å². The quantitative estimate of drug-likeness (QED) is 0.725. The summed E-state index contributed by atoms with van der Waals surface area (Å²) < 4.78 is 15.0. The zero-order chi connectivity index (χ0) is 15.3. The highest BCUT2D eigenvalue weighted by Crippen LogP contribution is 2.34. The lowest BCUT2D eigenvalue weighted by molar-refractivity contribution is 0.625. The first-order valence-electron chi connectivity index (χ1n) is 7.15. The Bertz CT molecular complexity index is 982. The predicted octanol–water partition coefficient (Wildman–Crippen LogP) is 3.80. The second-order valence-electron chi connectivity index (χ2n) is 5.51. The fourth-order valence-corrected chi connectivity index (χ4v) is 4.62. The van der Waals surface area contributed by atoms with E-state index in [4.69, 9.17) is 12.2 Å². The topological polar surface area (TPSA) is 37.8 Å². The molecule has 0 saturated heterocycles. The van der Waals surface area contributed by atoms with E-state index in [2.05, 4.69) is 4.98 Å². The van der Waals surface area contributed by atoms with Gasteiger partial charge in [-0.3, -0.25) is 9.36 Å². The molecule has 1 aliphatic rings. The molecule has 6 heteroatoms. The molecule has 1 aliphatic carbocycles. The van der Waals surface area contributed by atoms with Crippen molar-refractivity contribution < 1.29 is 4.39 Å². The number of thiophene rings is 1. The number of aryl methyl sites for hydroxylation is 2. The molecule has 0 fully saturated rings. The largest absolute Gasteiger partial charge is 0.323 e. The van der Waals surface area contributed by atoms with Gasteiger partial charge in [0.05, 0.1) is 11.9 Å². The van der Waals surface area contributed by atoms with Crippen molar-refractivity contribution in [2.45, 2.75) is 25.8 Å². The Hall–Kier alpha value is -1.79. The number of nitrogens with one attached hydrogen (secondary N) is 1. The molecule has 0 saturated carbocycles. The lowest BCUT2D eigenvalue weighted by Gasteiger charge is -2.07. The minimum atomic E-state index is -0.285. The summed E-state index contributed by atoms with van der Waals surface area (Å²) in [5.41, 5.74) is 2.00. The van der Waals surface area contributed by atoms with Crippen molar-refractivity contribution in [1.82, 2.24) is 9.55 Å². The van der Waals surface area contributed by atoms with Crippen LogP contribution in [0.3, 0.4) is 0 Å². The van der Waals surface area contributed by atoms with Gasteiger partial charge >= 0.3 is 0 Å². The van der Waals surface area contributed by atoms with Crippen LogP contribution in [0.1, 0.15) is 22.4 Å². The number of benzene rings is 1. The van der Waals surface area contributed by atoms with Gasteiger partial charge in [-0.05, 0) is 54.7 Å². The Morgan fingerprint density at radius 2 is 2.05 bits per heavy atom. The lowest BCUT2D eigenvalue weighted by atomic mass is 10.2. The van der Waals surface area contributed by atoms with Crippen molar-refractivity contribution in [3.63, 3.8) is 0 Å². The van der Waals surface area contributed by atoms with Gasteiger partial charge in [-0.1, -0.05) is 12.1 Å². The van der Waals surface area contributed by atoms with Crippen molar-refractivity contribution in [1.29, 1.82) is 0 Å². The van der Waals surface area contributed by atoms with Gasteiger partial charge in [0, 0.05) is 4.88 Å². The van der Waals surface area contributed by atoms with Crippen LogP contribution >= 0.6 is 23.6 Å². The minimum Gasteiger partial charge on any atom is -0.323 e. The van der Waals surface area contributed by atoms with Crippen molar-refractivity contribution in [2.24, 2.45) is 0 Å². The molecule has 0 aliphatic heterocycles. The molecule has 1 aromatic carbocycles. The molecular weight excluding hydrogens is 319 g/mol. The van der Waals surface area contributed by atoms with E-state index in [-0.39, 0.29) is 11.4 Å². The maximum absolute atomic E-state index is 13.0. The monoisotopic (exact) mass is 332 g/mol. The first kappa shape index (κ1) is 13.8. The maximum atomic E-state index is 13.0. The van der Waals surface area contributed by atoms with Crippen LogP contribution < -0.4 is 5.56 Å². The molecule has 22 heavy (non-hydrogen) atoms. The summed E-state index contributed by atoms with van der Waals surface area (Å²) in [5, 5.41) is 0.785. The highest BCUT2D eigenvalue weighted by molar-refractivity contribution is 7.71. The van der Waals surface area contributed by atoms with Crippen molar-refractivity contribution in [2.75, 3.05) is 0 Å². The smallest absolute Gasteiger partial charge is 0.263 e. The average molecular weight is 332 g/mol. The summed E-state index contributed by atoms with van der Waals surface area (Å²) in [4.78, 5) is 18.2. The van der Waals surface area contributed by atoms with Crippen molar-refractivity contribution in [3.8, 4) is 0 Å². The van der Waals surface area contributed by atoms with Crippen LogP contribution in [0.25, 0.3) is 10.2 Å². The Morgan fingerprint density at radius 3 is 2.82 bits per heavy atom. The van der Waals surface area contributed by atoms with Crippen LogP contribution in [0.5, 0.6) is 0 Å². The Kier molecular flexibility index (Phi) is 3.23. The molecule has 0 radical (unpaired) electrons. The number of hydrogen-bond donors (Lipinski definition) is 1. The molecule has 3 nitrogen and oxygen atoms in total. The number of fused-ring (bicyclic) bond motifs is 3. The molecule has 3 aromatic rings. The first-order valence-corrected chi connectivity index (χ1v) is 8.38.